The van der Waals surface area contributed by atoms with Gasteiger partial charge >= 0.3 is 12.1 Å². The largest absolute Gasteiger partial charge is 0.536 e. The Morgan fingerprint density at radius 3 is 1.31 bits per heavy atom. The summed E-state index contributed by atoms with van der Waals surface area (Å²) in [5.41, 5.74) is 0. The first-order valence-electron chi connectivity index (χ1n) is 15.4. The SMILES string of the molecule is O=C(CCOCCOCCOCCOCCOCCOCCOCCOCCN1C(=O)C=CC1=O)OCOC(=O)ON1C(=O)CCC1=O. The molecule has 0 N–H and O–H groups in total. The minimum absolute atomic E-state index is 0.0516. The van der Waals surface area contributed by atoms with Crippen molar-refractivity contribution in [2.24, 2.45) is 0 Å². The number of amides is 4. The number of nitrogens with zero attached hydrogens (tertiary/aromatic N) is 2. The third-order valence-electron chi connectivity index (χ3n) is 5.98. The Balaban J connectivity index is 1.19. The van der Waals surface area contributed by atoms with Crippen LogP contribution in [0.5, 0.6) is 0 Å². The number of hydrogen-bond acceptors (Lipinski definition) is 17. The maximum atomic E-state index is 11.6. The number of hydroxylamine groups is 2. The summed E-state index contributed by atoms with van der Waals surface area (Å²) in [6, 6.07) is 0. The van der Waals surface area contributed by atoms with Crippen LogP contribution in [0.2, 0.25) is 0 Å². The molecule has 1 saturated heterocycles. The van der Waals surface area contributed by atoms with Crippen molar-refractivity contribution in [3.05, 3.63) is 12.2 Å². The van der Waals surface area contributed by atoms with Gasteiger partial charge in [-0.3, -0.25) is 33.7 Å². The fourth-order valence-corrected chi connectivity index (χ4v) is 3.58. The molecule has 2 aliphatic heterocycles. The second kappa shape index (κ2) is 26.4. The Bertz CT molecular complexity index is 990. The van der Waals surface area contributed by atoms with Gasteiger partial charge in [0.15, 0.2) is 0 Å². The van der Waals surface area contributed by atoms with Gasteiger partial charge in [0.2, 0.25) is 6.79 Å². The van der Waals surface area contributed by atoms with E-state index in [9.17, 15) is 28.8 Å². The van der Waals surface area contributed by atoms with Gasteiger partial charge in [0.05, 0.1) is 119 Å². The van der Waals surface area contributed by atoms with Crippen molar-refractivity contribution in [3.63, 3.8) is 0 Å². The summed E-state index contributed by atoms with van der Waals surface area (Å²) in [6.45, 7) is 5.19. The van der Waals surface area contributed by atoms with Crippen molar-refractivity contribution in [1.82, 2.24) is 9.96 Å². The Hall–Kier alpha value is -3.56. The Kier molecular flexibility index (Phi) is 22.3. The highest BCUT2D eigenvalue weighted by atomic mass is 16.9. The molecule has 0 bridgehead atoms. The molecule has 0 aromatic rings. The zero-order valence-corrected chi connectivity index (χ0v) is 26.8. The van der Waals surface area contributed by atoms with Crippen LogP contribution in [0.3, 0.4) is 0 Å². The van der Waals surface area contributed by atoms with Crippen LogP contribution in [-0.4, -0.2) is 165 Å². The Morgan fingerprint density at radius 2 is 0.896 bits per heavy atom. The molecule has 2 heterocycles. The van der Waals surface area contributed by atoms with E-state index in [1.165, 1.54) is 12.2 Å². The molecule has 0 saturated carbocycles. The monoisotopic (exact) mass is 692 g/mol. The van der Waals surface area contributed by atoms with Gasteiger partial charge in [-0.25, -0.2) is 4.79 Å². The summed E-state index contributed by atoms with van der Waals surface area (Å²) in [6.07, 6.45) is 0.944. The number of esters is 1. The minimum atomic E-state index is -1.34. The molecule has 0 aromatic heterocycles. The van der Waals surface area contributed by atoms with Gasteiger partial charge < -0.3 is 47.4 Å². The molecule has 19 nitrogen and oxygen atoms in total. The molecule has 2 rings (SSSR count). The second-order valence-corrected chi connectivity index (χ2v) is 9.51. The highest BCUT2D eigenvalue weighted by molar-refractivity contribution is 6.12. The fourth-order valence-electron chi connectivity index (χ4n) is 3.58. The van der Waals surface area contributed by atoms with Crippen molar-refractivity contribution >= 4 is 35.8 Å². The van der Waals surface area contributed by atoms with Gasteiger partial charge in [-0.05, 0) is 0 Å². The lowest BCUT2D eigenvalue weighted by Gasteiger charge is -2.13. The first-order valence-corrected chi connectivity index (χ1v) is 15.4. The molecule has 0 unspecified atom stereocenters. The topological polar surface area (TPSA) is 210 Å². The molecule has 0 radical (unpaired) electrons. The average molecular weight is 693 g/mol. The number of carbonyl (C=O) groups excluding carboxylic acids is 6. The molecule has 0 aromatic carbocycles. The van der Waals surface area contributed by atoms with Gasteiger partial charge in [-0.15, -0.1) is 0 Å². The van der Waals surface area contributed by atoms with Crippen molar-refractivity contribution in [2.45, 2.75) is 19.3 Å². The molecule has 1 fully saturated rings. The standard InChI is InChI=1S/C29H44N2O17/c32-24-1-2-25(33)30(24)6-8-39-10-12-41-14-16-43-18-20-45-22-21-44-19-17-42-15-13-40-11-9-38-7-5-28(36)46-23-47-29(37)48-31-26(34)3-4-27(31)35/h1-2H,3-23H2. The van der Waals surface area contributed by atoms with E-state index in [-0.39, 0.29) is 57.4 Å². The maximum absolute atomic E-state index is 11.6. The van der Waals surface area contributed by atoms with Crippen LogP contribution in [0.4, 0.5) is 4.79 Å². The predicted octanol–water partition coefficient (Wildman–Crippen LogP) is -0.848. The van der Waals surface area contributed by atoms with E-state index in [0.717, 1.165) is 4.90 Å². The summed E-state index contributed by atoms with van der Waals surface area (Å²) in [4.78, 5) is 74.0. The first kappa shape index (κ1) is 40.6. The lowest BCUT2D eigenvalue weighted by molar-refractivity contribution is -0.182. The fraction of sp³-hybridized carbons (Fsp3) is 0.724. The summed E-state index contributed by atoms with van der Waals surface area (Å²) in [5, 5.41) is 0.317. The normalized spacial score (nSPS) is 14.4. The maximum Gasteiger partial charge on any atom is 0.536 e. The highest BCUT2D eigenvalue weighted by Crippen LogP contribution is 2.12. The Morgan fingerprint density at radius 1 is 0.521 bits per heavy atom. The van der Waals surface area contributed by atoms with Crippen LogP contribution in [0.25, 0.3) is 0 Å². The highest BCUT2D eigenvalue weighted by Gasteiger charge is 2.33. The van der Waals surface area contributed by atoms with E-state index < -0.39 is 30.7 Å². The number of ether oxygens (including phenoxy) is 10. The first-order chi connectivity index (χ1) is 23.4. The van der Waals surface area contributed by atoms with Crippen molar-refractivity contribution in [1.29, 1.82) is 0 Å². The van der Waals surface area contributed by atoms with E-state index in [4.69, 9.17) is 37.9 Å². The van der Waals surface area contributed by atoms with Crippen molar-refractivity contribution in [2.75, 3.05) is 119 Å². The Labute approximate surface area is 277 Å². The van der Waals surface area contributed by atoms with Crippen LogP contribution in [0.1, 0.15) is 19.3 Å². The molecule has 19 heteroatoms. The van der Waals surface area contributed by atoms with Gasteiger partial charge in [-0.2, -0.15) is 0 Å². The molecular formula is C29H44N2O17. The van der Waals surface area contributed by atoms with E-state index in [0.29, 0.717) is 91.0 Å². The van der Waals surface area contributed by atoms with Gasteiger partial charge in [-0.1, -0.05) is 5.06 Å². The molecular weight excluding hydrogens is 648 g/mol. The van der Waals surface area contributed by atoms with Crippen LogP contribution in [-0.2, 0) is 76.2 Å². The van der Waals surface area contributed by atoms with Crippen LogP contribution in [0.15, 0.2) is 12.2 Å². The number of carbonyl (C=O) groups is 6. The summed E-state index contributed by atoms with van der Waals surface area (Å²) < 4.78 is 52.2. The van der Waals surface area contributed by atoms with Crippen LogP contribution >= 0.6 is 0 Å². The summed E-state index contributed by atoms with van der Waals surface area (Å²) >= 11 is 0. The quantitative estimate of drug-likeness (QED) is 0.0388. The van der Waals surface area contributed by atoms with Crippen LogP contribution < -0.4 is 0 Å². The van der Waals surface area contributed by atoms with E-state index >= 15 is 0 Å². The molecule has 48 heavy (non-hydrogen) atoms. The lowest BCUT2D eigenvalue weighted by atomic mass is 10.4. The van der Waals surface area contributed by atoms with E-state index in [2.05, 4.69) is 14.3 Å². The van der Waals surface area contributed by atoms with E-state index in [1.807, 2.05) is 0 Å². The molecule has 2 aliphatic rings. The third kappa shape index (κ3) is 19.3. The summed E-state index contributed by atoms with van der Waals surface area (Å²) in [5.74, 6) is -2.64. The smallest absolute Gasteiger partial charge is 0.428 e. The zero-order chi connectivity index (χ0) is 34.7. The zero-order valence-electron chi connectivity index (χ0n) is 26.8. The predicted molar refractivity (Wildman–Crippen MR) is 157 cm³/mol. The van der Waals surface area contributed by atoms with Crippen molar-refractivity contribution in [3.8, 4) is 0 Å². The molecule has 4 amide bonds. The van der Waals surface area contributed by atoms with Crippen LogP contribution in [0, 0.1) is 0 Å². The number of imide groups is 2. The molecule has 272 valence electrons. The van der Waals surface area contributed by atoms with Gasteiger partial charge in [0.1, 0.15) is 0 Å². The van der Waals surface area contributed by atoms with E-state index in [1.54, 1.807) is 0 Å². The van der Waals surface area contributed by atoms with Crippen molar-refractivity contribution < 1.29 is 81.0 Å². The van der Waals surface area contributed by atoms with Gasteiger partial charge in [0, 0.05) is 25.0 Å². The molecule has 0 spiro atoms. The second-order valence-electron chi connectivity index (χ2n) is 9.51. The lowest BCUT2D eigenvalue weighted by Crippen LogP contribution is -2.33. The molecule has 0 aliphatic carbocycles. The average Bonchev–Trinajstić information content (AvgIpc) is 3.56. The third-order valence-corrected chi connectivity index (χ3v) is 5.98. The number of hydrogen-bond donors (Lipinski definition) is 0. The molecule has 0 atom stereocenters. The van der Waals surface area contributed by atoms with Gasteiger partial charge in [0.25, 0.3) is 23.6 Å². The minimum Gasteiger partial charge on any atom is -0.428 e. The summed E-state index contributed by atoms with van der Waals surface area (Å²) in [7, 11) is 0. The number of rotatable bonds is 30.